The average Bonchev–Trinajstić information content (AvgIpc) is 2.51. The summed E-state index contributed by atoms with van der Waals surface area (Å²) in [4.78, 5) is 24.3. The Balaban J connectivity index is 2.05. The Morgan fingerprint density at radius 3 is 2.09 bits per heavy atom. The summed E-state index contributed by atoms with van der Waals surface area (Å²) < 4.78 is 5.11. The van der Waals surface area contributed by atoms with Gasteiger partial charge in [0.1, 0.15) is 0 Å². The van der Waals surface area contributed by atoms with Crippen LogP contribution in [0.3, 0.4) is 0 Å². The van der Waals surface area contributed by atoms with Crippen LogP contribution >= 0.6 is 0 Å². The van der Waals surface area contributed by atoms with Gasteiger partial charge in [-0.2, -0.15) is 0 Å². The highest BCUT2D eigenvalue weighted by molar-refractivity contribution is 6.01. The highest BCUT2D eigenvalue weighted by atomic mass is 16.5. The third kappa shape index (κ3) is 4.05. The smallest absolute Gasteiger partial charge is 0.338 e. The Morgan fingerprint density at radius 2 is 1.57 bits per heavy atom. The fourth-order valence-electron chi connectivity index (χ4n) is 2.65. The molecule has 0 atom stereocenters. The standard InChI is InChI=1S/C19H20O4/c1-12-8-13(2)18(14(3)9-12)17(21)11-23-19(22)16-6-4-15(10-20)5-7-16/h4-9,20H,10-11H2,1-3H3. The van der Waals surface area contributed by atoms with Crippen molar-refractivity contribution in [2.45, 2.75) is 27.4 Å². The predicted molar refractivity (Wildman–Crippen MR) is 87.6 cm³/mol. The number of benzene rings is 2. The van der Waals surface area contributed by atoms with Crippen LogP contribution in [0, 0.1) is 20.8 Å². The number of aliphatic hydroxyl groups excluding tert-OH is 1. The molecule has 23 heavy (non-hydrogen) atoms. The molecule has 1 N–H and O–H groups in total. The van der Waals surface area contributed by atoms with Gasteiger partial charge < -0.3 is 9.84 Å². The molecule has 0 amide bonds. The van der Waals surface area contributed by atoms with Crippen molar-refractivity contribution in [1.82, 2.24) is 0 Å². The van der Waals surface area contributed by atoms with Gasteiger partial charge in [0, 0.05) is 5.56 Å². The molecule has 0 bridgehead atoms. The van der Waals surface area contributed by atoms with E-state index in [2.05, 4.69) is 0 Å². The van der Waals surface area contributed by atoms with Crippen molar-refractivity contribution < 1.29 is 19.4 Å². The minimum Gasteiger partial charge on any atom is -0.454 e. The Labute approximate surface area is 135 Å². The summed E-state index contributed by atoms with van der Waals surface area (Å²) in [5, 5.41) is 8.98. The molecule has 0 radical (unpaired) electrons. The van der Waals surface area contributed by atoms with Crippen molar-refractivity contribution in [2.24, 2.45) is 0 Å². The normalized spacial score (nSPS) is 10.4. The van der Waals surface area contributed by atoms with E-state index in [4.69, 9.17) is 9.84 Å². The molecule has 4 nitrogen and oxygen atoms in total. The van der Waals surface area contributed by atoms with Crippen molar-refractivity contribution in [3.05, 3.63) is 69.8 Å². The van der Waals surface area contributed by atoms with E-state index >= 15 is 0 Å². The van der Waals surface area contributed by atoms with Gasteiger partial charge in [0.2, 0.25) is 5.78 Å². The molecule has 0 aliphatic heterocycles. The van der Waals surface area contributed by atoms with Crippen LogP contribution in [-0.4, -0.2) is 23.5 Å². The summed E-state index contributed by atoms with van der Waals surface area (Å²) in [5.74, 6) is -0.759. The minimum absolute atomic E-state index is 0.0835. The monoisotopic (exact) mass is 312 g/mol. The molecule has 0 saturated heterocycles. The first-order valence-corrected chi connectivity index (χ1v) is 7.40. The maximum atomic E-state index is 12.3. The van der Waals surface area contributed by atoms with Crippen molar-refractivity contribution in [2.75, 3.05) is 6.61 Å². The molecular weight excluding hydrogens is 292 g/mol. The molecule has 0 spiro atoms. The highest BCUT2D eigenvalue weighted by Gasteiger charge is 2.16. The summed E-state index contributed by atoms with van der Waals surface area (Å²) in [6.45, 7) is 5.36. The van der Waals surface area contributed by atoms with Gasteiger partial charge in [-0.1, -0.05) is 29.8 Å². The van der Waals surface area contributed by atoms with Gasteiger partial charge in [-0.3, -0.25) is 4.79 Å². The van der Waals surface area contributed by atoms with Gasteiger partial charge in [-0.05, 0) is 49.6 Å². The lowest BCUT2D eigenvalue weighted by atomic mass is 9.97. The SMILES string of the molecule is Cc1cc(C)c(C(=O)COC(=O)c2ccc(CO)cc2)c(C)c1. The van der Waals surface area contributed by atoms with Crippen LogP contribution in [0.2, 0.25) is 0 Å². The lowest BCUT2D eigenvalue weighted by Crippen LogP contribution is -2.16. The Kier molecular flexibility index (Phi) is 5.29. The van der Waals surface area contributed by atoms with E-state index in [-0.39, 0.29) is 19.0 Å². The van der Waals surface area contributed by atoms with Crippen LogP contribution < -0.4 is 0 Å². The fraction of sp³-hybridized carbons (Fsp3) is 0.263. The Hall–Kier alpha value is -2.46. The number of esters is 1. The molecule has 0 aliphatic carbocycles. The molecule has 4 heteroatoms. The summed E-state index contributed by atoms with van der Waals surface area (Å²) in [5.41, 5.74) is 4.54. The van der Waals surface area contributed by atoms with E-state index in [1.165, 1.54) is 0 Å². The summed E-state index contributed by atoms with van der Waals surface area (Å²) >= 11 is 0. The van der Waals surface area contributed by atoms with Crippen LogP contribution in [0.1, 0.15) is 43.0 Å². The van der Waals surface area contributed by atoms with Crippen molar-refractivity contribution in [1.29, 1.82) is 0 Å². The number of carbonyl (C=O) groups is 2. The molecule has 2 rings (SSSR count). The summed E-state index contributed by atoms with van der Waals surface area (Å²) in [6, 6.07) is 10.3. The summed E-state index contributed by atoms with van der Waals surface area (Å²) in [6.07, 6.45) is 0. The molecule has 0 aromatic heterocycles. The van der Waals surface area contributed by atoms with E-state index in [1.54, 1.807) is 24.3 Å². The average molecular weight is 312 g/mol. The van der Waals surface area contributed by atoms with Gasteiger partial charge >= 0.3 is 5.97 Å². The van der Waals surface area contributed by atoms with E-state index < -0.39 is 5.97 Å². The number of aryl methyl sites for hydroxylation is 3. The van der Waals surface area contributed by atoms with Crippen LogP contribution in [0.15, 0.2) is 36.4 Å². The second-order valence-corrected chi connectivity index (χ2v) is 5.63. The fourth-order valence-corrected chi connectivity index (χ4v) is 2.65. The van der Waals surface area contributed by atoms with Crippen molar-refractivity contribution in [3.8, 4) is 0 Å². The zero-order chi connectivity index (χ0) is 17.0. The third-order valence-corrected chi connectivity index (χ3v) is 3.66. The van der Waals surface area contributed by atoms with Gasteiger partial charge in [0.15, 0.2) is 6.61 Å². The topological polar surface area (TPSA) is 63.6 Å². The quantitative estimate of drug-likeness (QED) is 0.680. The predicted octanol–water partition coefficient (Wildman–Crippen LogP) is 3.14. The first kappa shape index (κ1) is 16.9. The summed E-state index contributed by atoms with van der Waals surface area (Å²) in [7, 11) is 0. The van der Waals surface area contributed by atoms with Gasteiger partial charge in [-0.15, -0.1) is 0 Å². The number of hydrogen-bond acceptors (Lipinski definition) is 4. The van der Waals surface area contributed by atoms with Crippen molar-refractivity contribution in [3.63, 3.8) is 0 Å². The Morgan fingerprint density at radius 1 is 1.00 bits per heavy atom. The largest absolute Gasteiger partial charge is 0.454 e. The molecule has 0 saturated carbocycles. The molecule has 2 aromatic carbocycles. The molecule has 2 aromatic rings. The van der Waals surface area contributed by atoms with Crippen LogP contribution in [0.25, 0.3) is 0 Å². The zero-order valence-corrected chi connectivity index (χ0v) is 13.6. The maximum Gasteiger partial charge on any atom is 0.338 e. The van der Waals surface area contributed by atoms with Gasteiger partial charge in [0.25, 0.3) is 0 Å². The molecule has 0 aliphatic rings. The van der Waals surface area contributed by atoms with E-state index in [9.17, 15) is 9.59 Å². The highest BCUT2D eigenvalue weighted by Crippen LogP contribution is 2.17. The second-order valence-electron chi connectivity index (χ2n) is 5.63. The number of ether oxygens (including phenoxy) is 1. The van der Waals surface area contributed by atoms with Crippen LogP contribution in [-0.2, 0) is 11.3 Å². The lowest BCUT2D eigenvalue weighted by molar-refractivity contribution is 0.0474. The van der Waals surface area contributed by atoms with Crippen LogP contribution in [0.4, 0.5) is 0 Å². The van der Waals surface area contributed by atoms with Gasteiger partial charge in [0.05, 0.1) is 12.2 Å². The number of hydrogen-bond donors (Lipinski definition) is 1. The maximum absolute atomic E-state index is 12.3. The zero-order valence-electron chi connectivity index (χ0n) is 13.6. The number of aliphatic hydroxyl groups is 1. The number of carbonyl (C=O) groups excluding carboxylic acids is 2. The molecular formula is C19H20O4. The molecule has 0 fully saturated rings. The van der Waals surface area contributed by atoms with E-state index in [1.807, 2.05) is 32.9 Å². The van der Waals surface area contributed by atoms with E-state index in [0.29, 0.717) is 16.7 Å². The first-order valence-electron chi connectivity index (χ1n) is 7.40. The number of rotatable bonds is 5. The van der Waals surface area contributed by atoms with Crippen molar-refractivity contribution >= 4 is 11.8 Å². The molecule has 0 heterocycles. The molecule has 0 unspecified atom stereocenters. The third-order valence-electron chi connectivity index (χ3n) is 3.66. The lowest BCUT2D eigenvalue weighted by Gasteiger charge is -2.11. The minimum atomic E-state index is -0.551. The Bertz CT molecular complexity index is 707. The second kappa shape index (κ2) is 7.20. The number of Topliss-reactive ketones (excluding diaryl/α,β-unsaturated/α-hetero) is 1. The number of ketones is 1. The van der Waals surface area contributed by atoms with E-state index in [0.717, 1.165) is 16.7 Å². The first-order chi connectivity index (χ1) is 10.9. The molecule has 120 valence electrons. The van der Waals surface area contributed by atoms with Crippen LogP contribution in [0.5, 0.6) is 0 Å². The van der Waals surface area contributed by atoms with Gasteiger partial charge in [-0.25, -0.2) is 4.79 Å².